The molecule has 3 rings (SSSR count). The van der Waals surface area contributed by atoms with Gasteiger partial charge in [0.1, 0.15) is 11.4 Å². The normalized spacial score (nSPS) is 11.0. The molecule has 130 valence electrons. The van der Waals surface area contributed by atoms with Crippen molar-refractivity contribution in [2.45, 2.75) is 6.92 Å². The zero-order chi connectivity index (χ0) is 17.8. The Morgan fingerprint density at radius 2 is 2.00 bits per heavy atom. The molecule has 0 unspecified atom stereocenters. The van der Waals surface area contributed by atoms with Crippen molar-refractivity contribution in [2.75, 3.05) is 27.2 Å². The molecule has 2 aromatic heterocycles. The van der Waals surface area contributed by atoms with Gasteiger partial charge in [-0.25, -0.2) is 4.68 Å². The Hall–Kier alpha value is -2.86. The maximum absolute atomic E-state index is 12.6. The van der Waals surface area contributed by atoms with Crippen molar-refractivity contribution >= 4 is 5.91 Å². The van der Waals surface area contributed by atoms with E-state index in [0.29, 0.717) is 23.7 Å². The van der Waals surface area contributed by atoms with Crippen LogP contribution in [0, 0.1) is 6.92 Å². The van der Waals surface area contributed by atoms with Crippen molar-refractivity contribution in [3.8, 4) is 17.1 Å². The quantitative estimate of drug-likeness (QED) is 0.751. The maximum Gasteiger partial charge on any atom is 0.270 e. The number of nitrogens with one attached hydrogen (secondary N) is 1. The predicted molar refractivity (Wildman–Crippen MR) is 96.9 cm³/mol. The van der Waals surface area contributed by atoms with E-state index < -0.39 is 0 Å². The molecule has 0 radical (unpaired) electrons. The van der Waals surface area contributed by atoms with E-state index in [0.717, 1.165) is 17.8 Å². The molecule has 0 saturated heterocycles. The third-order valence-electron chi connectivity index (χ3n) is 3.84. The fraction of sp³-hybridized carbons (Fsp3) is 0.263. The number of amides is 1. The number of rotatable bonds is 6. The minimum absolute atomic E-state index is 0.160. The van der Waals surface area contributed by atoms with Gasteiger partial charge >= 0.3 is 0 Å². The highest BCUT2D eigenvalue weighted by molar-refractivity contribution is 5.94. The van der Waals surface area contributed by atoms with Crippen LogP contribution in [0.5, 0.6) is 0 Å². The van der Waals surface area contributed by atoms with Gasteiger partial charge in [-0.1, -0.05) is 17.7 Å². The molecule has 1 amide bonds. The first-order valence-electron chi connectivity index (χ1n) is 8.18. The Morgan fingerprint density at radius 3 is 2.64 bits per heavy atom. The van der Waals surface area contributed by atoms with Gasteiger partial charge in [0.25, 0.3) is 5.91 Å². The molecule has 0 atom stereocenters. The summed E-state index contributed by atoms with van der Waals surface area (Å²) in [5.41, 5.74) is 3.10. The Morgan fingerprint density at radius 1 is 1.24 bits per heavy atom. The molecule has 0 fully saturated rings. The smallest absolute Gasteiger partial charge is 0.270 e. The van der Waals surface area contributed by atoms with Gasteiger partial charge in [0.15, 0.2) is 5.76 Å². The summed E-state index contributed by atoms with van der Waals surface area (Å²) in [6.07, 6.45) is 1.59. The fourth-order valence-electron chi connectivity index (χ4n) is 2.45. The van der Waals surface area contributed by atoms with E-state index in [-0.39, 0.29) is 5.91 Å². The Labute approximate surface area is 147 Å². The van der Waals surface area contributed by atoms with Crippen LogP contribution in [0.25, 0.3) is 17.1 Å². The van der Waals surface area contributed by atoms with Gasteiger partial charge in [-0.15, -0.1) is 0 Å². The van der Waals surface area contributed by atoms with E-state index in [2.05, 4.69) is 10.4 Å². The Kier molecular flexibility index (Phi) is 5.00. The van der Waals surface area contributed by atoms with Crippen LogP contribution in [0.2, 0.25) is 0 Å². The number of hydrogen-bond acceptors (Lipinski definition) is 4. The summed E-state index contributed by atoms with van der Waals surface area (Å²) < 4.78 is 7.08. The lowest BCUT2D eigenvalue weighted by atomic mass is 10.2. The molecule has 0 aliphatic carbocycles. The SMILES string of the molecule is Cc1ccc(-n2nc(-c3ccco3)cc2C(=O)NCCN(C)C)cc1. The van der Waals surface area contributed by atoms with Crippen molar-refractivity contribution in [2.24, 2.45) is 0 Å². The van der Waals surface area contributed by atoms with Gasteiger partial charge in [-0.3, -0.25) is 4.79 Å². The molecule has 1 N–H and O–H groups in total. The second kappa shape index (κ2) is 7.36. The van der Waals surface area contributed by atoms with Crippen LogP contribution in [-0.4, -0.2) is 47.8 Å². The van der Waals surface area contributed by atoms with E-state index in [1.807, 2.05) is 56.3 Å². The van der Waals surface area contributed by atoms with Gasteiger partial charge in [-0.05, 0) is 45.3 Å². The number of furan rings is 1. The first kappa shape index (κ1) is 17.0. The first-order chi connectivity index (χ1) is 12.0. The summed E-state index contributed by atoms with van der Waals surface area (Å²) in [6.45, 7) is 3.37. The molecule has 6 heteroatoms. The summed E-state index contributed by atoms with van der Waals surface area (Å²) in [4.78, 5) is 14.7. The Bertz CT molecular complexity index is 833. The van der Waals surface area contributed by atoms with Crippen LogP contribution < -0.4 is 5.32 Å². The zero-order valence-corrected chi connectivity index (χ0v) is 14.7. The van der Waals surface area contributed by atoms with Crippen LogP contribution in [0.4, 0.5) is 0 Å². The van der Waals surface area contributed by atoms with Gasteiger partial charge < -0.3 is 14.6 Å². The lowest BCUT2D eigenvalue weighted by Gasteiger charge is -2.11. The maximum atomic E-state index is 12.6. The Balaban J connectivity index is 1.94. The van der Waals surface area contributed by atoms with Crippen molar-refractivity contribution in [3.05, 3.63) is 60.0 Å². The molecule has 3 aromatic rings. The number of aromatic nitrogens is 2. The van der Waals surface area contributed by atoms with E-state index in [1.165, 1.54) is 0 Å². The molecule has 25 heavy (non-hydrogen) atoms. The van der Waals surface area contributed by atoms with Gasteiger partial charge in [-0.2, -0.15) is 5.10 Å². The molecule has 0 aliphatic rings. The van der Waals surface area contributed by atoms with Crippen molar-refractivity contribution in [1.29, 1.82) is 0 Å². The number of nitrogens with zero attached hydrogens (tertiary/aromatic N) is 3. The topological polar surface area (TPSA) is 63.3 Å². The second-order valence-electron chi connectivity index (χ2n) is 6.20. The number of hydrogen-bond donors (Lipinski definition) is 1. The summed E-state index contributed by atoms with van der Waals surface area (Å²) in [5.74, 6) is 0.473. The highest BCUT2D eigenvalue weighted by Gasteiger charge is 2.18. The van der Waals surface area contributed by atoms with E-state index >= 15 is 0 Å². The van der Waals surface area contributed by atoms with Crippen LogP contribution in [0.3, 0.4) is 0 Å². The average molecular weight is 338 g/mol. The predicted octanol–water partition coefficient (Wildman–Crippen LogP) is 2.73. The largest absolute Gasteiger partial charge is 0.463 e. The molecule has 0 saturated carbocycles. The number of likely N-dealkylation sites (N-methyl/N-ethyl adjacent to an activating group) is 1. The molecule has 0 bridgehead atoms. The monoisotopic (exact) mass is 338 g/mol. The minimum Gasteiger partial charge on any atom is -0.463 e. The lowest BCUT2D eigenvalue weighted by Crippen LogP contribution is -2.32. The number of carbonyl (C=O) groups is 1. The first-order valence-corrected chi connectivity index (χ1v) is 8.18. The highest BCUT2D eigenvalue weighted by atomic mass is 16.3. The summed E-state index contributed by atoms with van der Waals surface area (Å²) in [5, 5.41) is 7.51. The third kappa shape index (κ3) is 3.97. The number of carbonyl (C=O) groups excluding carboxylic acids is 1. The van der Waals surface area contributed by atoms with E-state index in [9.17, 15) is 4.79 Å². The molecule has 0 aliphatic heterocycles. The number of benzene rings is 1. The van der Waals surface area contributed by atoms with Crippen LogP contribution >= 0.6 is 0 Å². The van der Waals surface area contributed by atoms with Gasteiger partial charge in [0.2, 0.25) is 0 Å². The van der Waals surface area contributed by atoms with Crippen LogP contribution in [0.1, 0.15) is 16.1 Å². The molecular formula is C19H22N4O2. The van der Waals surface area contributed by atoms with E-state index in [4.69, 9.17) is 4.42 Å². The summed E-state index contributed by atoms with van der Waals surface area (Å²) in [6, 6.07) is 13.3. The molecule has 2 heterocycles. The lowest BCUT2D eigenvalue weighted by molar-refractivity contribution is 0.0943. The second-order valence-corrected chi connectivity index (χ2v) is 6.20. The van der Waals surface area contributed by atoms with Crippen LogP contribution in [0.15, 0.2) is 53.1 Å². The minimum atomic E-state index is -0.160. The highest BCUT2D eigenvalue weighted by Crippen LogP contribution is 2.22. The molecule has 6 nitrogen and oxygen atoms in total. The molecule has 0 spiro atoms. The molecular weight excluding hydrogens is 316 g/mol. The molecule has 1 aromatic carbocycles. The summed E-state index contributed by atoms with van der Waals surface area (Å²) in [7, 11) is 3.94. The third-order valence-corrected chi connectivity index (χ3v) is 3.84. The average Bonchev–Trinajstić information content (AvgIpc) is 3.24. The zero-order valence-electron chi connectivity index (χ0n) is 14.7. The van der Waals surface area contributed by atoms with Crippen molar-refractivity contribution < 1.29 is 9.21 Å². The van der Waals surface area contributed by atoms with Crippen molar-refractivity contribution in [3.63, 3.8) is 0 Å². The number of aryl methyl sites for hydroxylation is 1. The fourth-order valence-corrected chi connectivity index (χ4v) is 2.45. The van der Waals surface area contributed by atoms with Crippen molar-refractivity contribution in [1.82, 2.24) is 20.0 Å². The standard InChI is InChI=1S/C19H22N4O2/c1-14-6-8-15(9-7-14)23-17(19(24)20-10-11-22(2)3)13-16(21-23)18-5-4-12-25-18/h4-9,12-13H,10-11H2,1-3H3,(H,20,24). The summed E-state index contributed by atoms with van der Waals surface area (Å²) >= 11 is 0. The van der Waals surface area contributed by atoms with E-state index in [1.54, 1.807) is 23.1 Å². The van der Waals surface area contributed by atoms with Gasteiger partial charge in [0.05, 0.1) is 12.0 Å². The van der Waals surface area contributed by atoms with Gasteiger partial charge in [0, 0.05) is 19.2 Å². The van der Waals surface area contributed by atoms with Crippen LogP contribution in [-0.2, 0) is 0 Å².